The van der Waals surface area contributed by atoms with Gasteiger partial charge in [0.25, 0.3) is 0 Å². The molecule has 1 N–H and O–H groups in total. The number of hydrogen-bond donors (Lipinski definition) is 1. The van der Waals surface area contributed by atoms with Crippen LogP contribution in [0, 0.1) is 0 Å². The predicted molar refractivity (Wildman–Crippen MR) is 68.1 cm³/mol. The summed E-state index contributed by atoms with van der Waals surface area (Å²) in [6.07, 6.45) is 1.03. The van der Waals surface area contributed by atoms with E-state index in [-0.39, 0.29) is 5.60 Å². The molecule has 0 heterocycles. The van der Waals surface area contributed by atoms with E-state index in [9.17, 15) is 9.90 Å². The lowest BCUT2D eigenvalue weighted by molar-refractivity contribution is -0.166. The summed E-state index contributed by atoms with van der Waals surface area (Å²) in [5.41, 5.74) is -0.274. The molecule has 3 nitrogen and oxygen atoms in total. The summed E-state index contributed by atoms with van der Waals surface area (Å²) in [6, 6.07) is 7.51. The number of carboxylic acid groups (broad SMARTS) is 1. The van der Waals surface area contributed by atoms with Gasteiger partial charge >= 0.3 is 5.97 Å². The molecule has 1 aromatic rings. The van der Waals surface area contributed by atoms with Crippen LogP contribution < -0.4 is 0 Å². The molecule has 1 saturated carbocycles. The van der Waals surface area contributed by atoms with Crippen molar-refractivity contribution in [3.8, 4) is 0 Å². The molecular weight excluding hydrogens is 284 g/mol. The van der Waals surface area contributed by atoms with Crippen molar-refractivity contribution in [3.05, 3.63) is 34.3 Å². The maximum absolute atomic E-state index is 11.5. The van der Waals surface area contributed by atoms with E-state index in [2.05, 4.69) is 15.9 Å². The Hall–Kier alpha value is -0.870. The van der Waals surface area contributed by atoms with Crippen LogP contribution in [-0.4, -0.2) is 23.8 Å². The van der Waals surface area contributed by atoms with Gasteiger partial charge in [-0.05, 0) is 37.5 Å². The SMILES string of the molecule is COC1(C)CC(C(=O)O)(c2cccc(Br)c2)C1. The fourth-order valence-electron chi connectivity index (χ4n) is 2.63. The van der Waals surface area contributed by atoms with Crippen molar-refractivity contribution >= 4 is 21.9 Å². The number of rotatable bonds is 3. The van der Waals surface area contributed by atoms with E-state index < -0.39 is 11.4 Å². The number of carboxylic acids is 1. The second kappa shape index (κ2) is 4.10. The molecule has 1 aromatic carbocycles. The average molecular weight is 299 g/mol. The smallest absolute Gasteiger partial charge is 0.314 e. The zero-order valence-corrected chi connectivity index (χ0v) is 11.5. The highest BCUT2D eigenvalue weighted by atomic mass is 79.9. The molecule has 17 heavy (non-hydrogen) atoms. The minimum atomic E-state index is -0.797. The summed E-state index contributed by atoms with van der Waals surface area (Å²) in [4.78, 5) is 11.5. The van der Waals surface area contributed by atoms with Crippen LogP contribution in [0.25, 0.3) is 0 Å². The first kappa shape index (κ1) is 12.6. The summed E-state index contributed by atoms with van der Waals surface area (Å²) in [7, 11) is 1.63. The number of carbonyl (C=O) groups is 1. The minimum absolute atomic E-state index is 0.319. The van der Waals surface area contributed by atoms with Crippen LogP contribution in [0.1, 0.15) is 25.3 Å². The third-order valence-electron chi connectivity index (χ3n) is 3.63. The second-order valence-electron chi connectivity index (χ2n) is 4.91. The van der Waals surface area contributed by atoms with Gasteiger partial charge in [0.05, 0.1) is 11.0 Å². The summed E-state index contributed by atoms with van der Waals surface area (Å²) in [5.74, 6) is -0.773. The summed E-state index contributed by atoms with van der Waals surface area (Å²) in [5, 5.41) is 9.48. The van der Waals surface area contributed by atoms with E-state index in [4.69, 9.17) is 4.74 Å². The molecule has 1 fully saturated rings. The van der Waals surface area contributed by atoms with Gasteiger partial charge < -0.3 is 9.84 Å². The van der Waals surface area contributed by atoms with E-state index >= 15 is 0 Å². The molecule has 1 aliphatic rings. The Bertz CT molecular complexity index is 450. The van der Waals surface area contributed by atoms with E-state index in [1.54, 1.807) is 7.11 Å². The van der Waals surface area contributed by atoms with Crippen molar-refractivity contribution < 1.29 is 14.6 Å². The standard InChI is InChI=1S/C13H15BrO3/c1-12(17-2)7-13(8-12,11(15)16)9-4-3-5-10(14)6-9/h3-6H,7-8H2,1-2H3,(H,15,16). The Labute approximate surface area is 109 Å². The third kappa shape index (κ3) is 2.00. The van der Waals surface area contributed by atoms with Crippen LogP contribution in [0.2, 0.25) is 0 Å². The molecule has 4 heteroatoms. The molecule has 2 rings (SSSR count). The fraction of sp³-hybridized carbons (Fsp3) is 0.462. The lowest BCUT2D eigenvalue weighted by Gasteiger charge is -2.51. The maximum atomic E-state index is 11.5. The first-order valence-corrected chi connectivity index (χ1v) is 6.26. The normalized spacial score (nSPS) is 31.9. The van der Waals surface area contributed by atoms with Crippen LogP contribution in [-0.2, 0) is 14.9 Å². The molecule has 0 aromatic heterocycles. The highest BCUT2D eigenvalue weighted by Crippen LogP contribution is 2.52. The van der Waals surface area contributed by atoms with Crippen molar-refractivity contribution in [2.75, 3.05) is 7.11 Å². The quantitative estimate of drug-likeness (QED) is 0.933. The number of ether oxygens (including phenoxy) is 1. The fourth-order valence-corrected chi connectivity index (χ4v) is 3.03. The van der Waals surface area contributed by atoms with Gasteiger partial charge in [0.2, 0.25) is 0 Å². The summed E-state index contributed by atoms with van der Waals surface area (Å²) >= 11 is 3.38. The molecule has 0 atom stereocenters. The van der Waals surface area contributed by atoms with Crippen LogP contribution in [0.5, 0.6) is 0 Å². The Morgan fingerprint density at radius 3 is 2.59 bits per heavy atom. The van der Waals surface area contributed by atoms with Crippen LogP contribution in [0.3, 0.4) is 0 Å². The Morgan fingerprint density at radius 1 is 1.47 bits per heavy atom. The maximum Gasteiger partial charge on any atom is 0.314 e. The van der Waals surface area contributed by atoms with Crippen molar-refractivity contribution in [3.63, 3.8) is 0 Å². The van der Waals surface area contributed by atoms with Gasteiger partial charge in [0.15, 0.2) is 0 Å². The topological polar surface area (TPSA) is 46.5 Å². The van der Waals surface area contributed by atoms with Crippen molar-refractivity contribution in [2.24, 2.45) is 0 Å². The summed E-state index contributed by atoms with van der Waals surface area (Å²) in [6.45, 7) is 1.95. The van der Waals surface area contributed by atoms with E-state index in [1.165, 1.54) is 0 Å². The minimum Gasteiger partial charge on any atom is -0.481 e. The first-order chi connectivity index (χ1) is 7.92. The highest BCUT2D eigenvalue weighted by Gasteiger charge is 2.58. The van der Waals surface area contributed by atoms with Crippen molar-refractivity contribution in [1.29, 1.82) is 0 Å². The number of benzene rings is 1. The molecule has 0 spiro atoms. The van der Waals surface area contributed by atoms with Gasteiger partial charge in [-0.1, -0.05) is 28.1 Å². The van der Waals surface area contributed by atoms with Gasteiger partial charge in [-0.15, -0.1) is 0 Å². The molecule has 0 aliphatic heterocycles. The van der Waals surface area contributed by atoms with Gasteiger partial charge in [0.1, 0.15) is 0 Å². The Kier molecular flexibility index (Phi) is 3.04. The zero-order chi connectivity index (χ0) is 12.7. The molecule has 0 amide bonds. The Balaban J connectivity index is 2.36. The largest absolute Gasteiger partial charge is 0.481 e. The number of aliphatic carboxylic acids is 1. The molecule has 0 saturated heterocycles. The lowest BCUT2D eigenvalue weighted by Crippen LogP contribution is -2.58. The van der Waals surface area contributed by atoms with Gasteiger partial charge in [-0.2, -0.15) is 0 Å². The van der Waals surface area contributed by atoms with Crippen LogP contribution in [0.4, 0.5) is 0 Å². The third-order valence-corrected chi connectivity index (χ3v) is 4.12. The highest BCUT2D eigenvalue weighted by molar-refractivity contribution is 9.10. The van der Waals surface area contributed by atoms with E-state index in [0.29, 0.717) is 12.8 Å². The van der Waals surface area contributed by atoms with Gasteiger partial charge in [-0.25, -0.2) is 0 Å². The average Bonchev–Trinajstić information content (AvgIpc) is 2.24. The first-order valence-electron chi connectivity index (χ1n) is 5.46. The lowest BCUT2D eigenvalue weighted by atomic mass is 9.56. The predicted octanol–water partition coefficient (Wildman–Crippen LogP) is 2.97. The summed E-state index contributed by atoms with van der Waals surface area (Å²) < 4.78 is 6.26. The van der Waals surface area contributed by atoms with Gasteiger partial charge in [-0.3, -0.25) is 4.79 Å². The second-order valence-corrected chi connectivity index (χ2v) is 5.82. The molecular formula is C13H15BrO3. The zero-order valence-electron chi connectivity index (χ0n) is 9.87. The Morgan fingerprint density at radius 2 is 2.12 bits per heavy atom. The molecule has 1 aliphatic carbocycles. The van der Waals surface area contributed by atoms with Crippen LogP contribution in [0.15, 0.2) is 28.7 Å². The molecule has 0 radical (unpaired) electrons. The molecule has 0 unspecified atom stereocenters. The van der Waals surface area contributed by atoms with E-state index in [1.807, 2.05) is 31.2 Å². The number of halogens is 1. The van der Waals surface area contributed by atoms with Gasteiger partial charge in [0, 0.05) is 11.6 Å². The monoisotopic (exact) mass is 298 g/mol. The van der Waals surface area contributed by atoms with Crippen LogP contribution >= 0.6 is 15.9 Å². The van der Waals surface area contributed by atoms with Crippen molar-refractivity contribution in [1.82, 2.24) is 0 Å². The molecule has 0 bridgehead atoms. The number of methoxy groups -OCH3 is 1. The molecule has 92 valence electrons. The van der Waals surface area contributed by atoms with E-state index in [0.717, 1.165) is 10.0 Å². The van der Waals surface area contributed by atoms with Crippen molar-refractivity contribution in [2.45, 2.75) is 30.8 Å². The number of hydrogen-bond acceptors (Lipinski definition) is 2.